The van der Waals surface area contributed by atoms with E-state index in [9.17, 15) is 4.79 Å². The molecule has 2 N–H and O–H groups in total. The van der Waals surface area contributed by atoms with Crippen LogP contribution >= 0.6 is 23.8 Å². The number of carbonyl (C=O) groups excluding carboxylic acids is 1. The Balaban J connectivity index is 1.67. The summed E-state index contributed by atoms with van der Waals surface area (Å²) in [6.07, 6.45) is 0.871. The largest absolute Gasteiger partial charge is 0.436 e. The predicted molar refractivity (Wildman–Crippen MR) is 118 cm³/mol. The third-order valence-electron chi connectivity index (χ3n) is 4.11. The van der Waals surface area contributed by atoms with Crippen LogP contribution in [0.1, 0.15) is 32.3 Å². The van der Waals surface area contributed by atoms with Gasteiger partial charge < -0.3 is 15.1 Å². The van der Waals surface area contributed by atoms with Gasteiger partial charge in [0.05, 0.1) is 0 Å². The van der Waals surface area contributed by atoms with Gasteiger partial charge in [-0.05, 0) is 75.3 Å². The van der Waals surface area contributed by atoms with Crippen molar-refractivity contribution in [1.82, 2.24) is 10.3 Å². The van der Waals surface area contributed by atoms with Crippen molar-refractivity contribution < 1.29 is 9.21 Å². The maximum atomic E-state index is 12.0. The molecular formula is C21H22ClN3O2S. The molecule has 0 fully saturated rings. The van der Waals surface area contributed by atoms with Gasteiger partial charge in [0.25, 0.3) is 0 Å². The number of aromatic nitrogens is 1. The Labute approximate surface area is 174 Å². The zero-order valence-electron chi connectivity index (χ0n) is 16.0. The molecule has 28 heavy (non-hydrogen) atoms. The third-order valence-corrected chi connectivity index (χ3v) is 4.50. The topological polar surface area (TPSA) is 67.2 Å². The number of oxazole rings is 1. The zero-order valence-corrected chi connectivity index (χ0v) is 17.6. The van der Waals surface area contributed by atoms with Crippen LogP contribution in [0.3, 0.4) is 0 Å². The smallest absolute Gasteiger partial charge is 0.227 e. The average molecular weight is 416 g/mol. The Hall–Kier alpha value is -2.44. The molecule has 2 aromatic carbocycles. The lowest BCUT2D eigenvalue weighted by molar-refractivity contribution is -0.119. The molecule has 1 aromatic heterocycles. The molecule has 0 unspecified atom stereocenters. The molecule has 1 heterocycles. The molecule has 5 nitrogen and oxygen atoms in total. The van der Waals surface area contributed by atoms with Gasteiger partial charge in [0.2, 0.25) is 11.8 Å². The second-order valence-corrected chi connectivity index (χ2v) is 8.72. The Kier molecular flexibility index (Phi) is 6.01. The van der Waals surface area contributed by atoms with Crippen molar-refractivity contribution in [2.75, 3.05) is 5.32 Å². The summed E-state index contributed by atoms with van der Waals surface area (Å²) < 4.78 is 5.84. The van der Waals surface area contributed by atoms with Crippen molar-refractivity contribution >= 4 is 51.6 Å². The van der Waals surface area contributed by atoms with Crippen LogP contribution < -0.4 is 10.6 Å². The number of carbonyl (C=O) groups is 1. The number of hydrogen-bond acceptors (Lipinski definition) is 4. The summed E-state index contributed by atoms with van der Waals surface area (Å²) in [5.74, 6) is 0.361. The first kappa shape index (κ1) is 20.3. The minimum Gasteiger partial charge on any atom is -0.436 e. The number of fused-ring (bicyclic) bond motifs is 1. The van der Waals surface area contributed by atoms with E-state index >= 15 is 0 Å². The minimum atomic E-state index is -0.418. The lowest BCUT2D eigenvalue weighted by Gasteiger charge is -2.15. The van der Waals surface area contributed by atoms with Crippen molar-refractivity contribution in [3.8, 4) is 11.5 Å². The number of aryl methyl sites for hydroxylation is 1. The van der Waals surface area contributed by atoms with Gasteiger partial charge in [-0.25, -0.2) is 4.98 Å². The standard InChI is InChI=1S/C21H22ClN3O2S/c1-13-7-8-17-16(11-13)24-19(27-17)14-5-4-6-15(12-14)23-20(28)25-18(26)9-10-21(2,3)22/h4-8,11-12H,9-10H2,1-3H3,(H2,23,25,26,28). The van der Waals surface area contributed by atoms with Gasteiger partial charge in [-0.1, -0.05) is 12.1 Å². The third kappa shape index (κ3) is 5.53. The Morgan fingerprint density at radius 2 is 2.04 bits per heavy atom. The molecule has 0 aliphatic carbocycles. The number of nitrogens with zero attached hydrogens (tertiary/aromatic N) is 1. The van der Waals surface area contributed by atoms with Crippen LogP contribution in [-0.2, 0) is 4.79 Å². The second kappa shape index (κ2) is 8.29. The summed E-state index contributed by atoms with van der Waals surface area (Å²) in [6, 6.07) is 13.4. The van der Waals surface area contributed by atoms with Gasteiger partial charge >= 0.3 is 0 Å². The molecule has 0 aliphatic rings. The molecule has 0 bridgehead atoms. The highest BCUT2D eigenvalue weighted by atomic mass is 35.5. The lowest BCUT2D eigenvalue weighted by atomic mass is 10.1. The summed E-state index contributed by atoms with van der Waals surface area (Å²) in [5, 5.41) is 5.93. The molecule has 7 heteroatoms. The number of thiocarbonyl (C=S) groups is 1. The van der Waals surface area contributed by atoms with E-state index in [4.69, 9.17) is 28.2 Å². The molecule has 0 spiro atoms. The van der Waals surface area contributed by atoms with Crippen molar-refractivity contribution in [3.05, 3.63) is 48.0 Å². The van der Waals surface area contributed by atoms with Gasteiger partial charge in [0, 0.05) is 22.5 Å². The minimum absolute atomic E-state index is 0.170. The molecular weight excluding hydrogens is 394 g/mol. The molecule has 0 aliphatic heterocycles. The second-order valence-electron chi connectivity index (χ2n) is 7.29. The number of rotatable bonds is 5. The van der Waals surface area contributed by atoms with Crippen LogP contribution in [0.15, 0.2) is 46.9 Å². The van der Waals surface area contributed by atoms with Crippen molar-refractivity contribution in [2.24, 2.45) is 0 Å². The van der Waals surface area contributed by atoms with Gasteiger partial charge in [-0.3, -0.25) is 4.79 Å². The zero-order chi connectivity index (χ0) is 20.3. The number of nitrogens with one attached hydrogen (secondary N) is 2. The highest BCUT2D eigenvalue weighted by molar-refractivity contribution is 7.80. The molecule has 0 saturated carbocycles. The highest BCUT2D eigenvalue weighted by Crippen LogP contribution is 2.26. The van der Waals surface area contributed by atoms with E-state index in [1.807, 2.05) is 63.2 Å². The van der Waals surface area contributed by atoms with Gasteiger partial charge in [-0.15, -0.1) is 11.6 Å². The molecule has 0 atom stereocenters. The molecule has 3 aromatic rings. The van der Waals surface area contributed by atoms with E-state index in [2.05, 4.69) is 15.6 Å². The van der Waals surface area contributed by atoms with Crippen LogP contribution in [0.5, 0.6) is 0 Å². The van der Waals surface area contributed by atoms with Crippen LogP contribution in [0.25, 0.3) is 22.6 Å². The van der Waals surface area contributed by atoms with E-state index in [1.165, 1.54) is 0 Å². The lowest BCUT2D eigenvalue weighted by Crippen LogP contribution is -2.34. The van der Waals surface area contributed by atoms with E-state index in [0.717, 1.165) is 27.9 Å². The van der Waals surface area contributed by atoms with E-state index in [1.54, 1.807) is 0 Å². The Bertz CT molecular complexity index is 1020. The fraction of sp³-hybridized carbons (Fsp3) is 0.286. The number of anilines is 1. The molecule has 1 amide bonds. The van der Waals surface area contributed by atoms with E-state index < -0.39 is 4.87 Å². The maximum Gasteiger partial charge on any atom is 0.227 e. The fourth-order valence-electron chi connectivity index (χ4n) is 2.65. The Morgan fingerprint density at radius 1 is 1.25 bits per heavy atom. The van der Waals surface area contributed by atoms with Crippen molar-refractivity contribution in [2.45, 2.75) is 38.5 Å². The van der Waals surface area contributed by atoms with Crippen molar-refractivity contribution in [1.29, 1.82) is 0 Å². The van der Waals surface area contributed by atoms with E-state index in [0.29, 0.717) is 18.7 Å². The quantitative estimate of drug-likeness (QED) is 0.430. The summed E-state index contributed by atoms with van der Waals surface area (Å²) in [5.41, 5.74) is 4.24. The van der Waals surface area contributed by atoms with E-state index in [-0.39, 0.29) is 11.0 Å². The van der Waals surface area contributed by atoms with Gasteiger partial charge in [0.15, 0.2) is 10.7 Å². The number of benzene rings is 2. The summed E-state index contributed by atoms with van der Waals surface area (Å²) in [7, 11) is 0. The molecule has 3 rings (SSSR count). The first-order chi connectivity index (χ1) is 13.2. The van der Waals surface area contributed by atoms with Gasteiger partial charge in [0.1, 0.15) is 5.52 Å². The average Bonchev–Trinajstić information content (AvgIpc) is 3.02. The SMILES string of the molecule is Cc1ccc2oc(-c3cccc(NC(=S)NC(=O)CCC(C)(C)Cl)c3)nc2c1. The summed E-state index contributed by atoms with van der Waals surface area (Å²) >= 11 is 11.3. The number of hydrogen-bond donors (Lipinski definition) is 2. The fourth-order valence-corrected chi connectivity index (χ4v) is 2.98. The summed E-state index contributed by atoms with van der Waals surface area (Å²) in [4.78, 5) is 16.1. The first-order valence-electron chi connectivity index (χ1n) is 8.97. The monoisotopic (exact) mass is 415 g/mol. The molecule has 0 saturated heterocycles. The normalized spacial score (nSPS) is 11.4. The van der Waals surface area contributed by atoms with Crippen LogP contribution in [0.2, 0.25) is 0 Å². The van der Waals surface area contributed by atoms with Crippen LogP contribution in [0, 0.1) is 6.92 Å². The highest BCUT2D eigenvalue weighted by Gasteiger charge is 2.16. The summed E-state index contributed by atoms with van der Waals surface area (Å²) in [6.45, 7) is 5.76. The van der Waals surface area contributed by atoms with Crippen LogP contribution in [0.4, 0.5) is 5.69 Å². The van der Waals surface area contributed by atoms with Gasteiger partial charge in [-0.2, -0.15) is 0 Å². The Morgan fingerprint density at radius 3 is 2.79 bits per heavy atom. The molecule has 146 valence electrons. The van der Waals surface area contributed by atoms with Crippen molar-refractivity contribution in [3.63, 3.8) is 0 Å². The first-order valence-corrected chi connectivity index (χ1v) is 9.76. The molecule has 0 radical (unpaired) electrons. The van der Waals surface area contributed by atoms with Crippen LogP contribution in [-0.4, -0.2) is 20.9 Å². The number of halogens is 1. The predicted octanol–water partition coefficient (Wildman–Crippen LogP) is 5.41. The number of amides is 1. The number of alkyl halides is 1. The maximum absolute atomic E-state index is 12.0.